The summed E-state index contributed by atoms with van der Waals surface area (Å²) < 4.78 is 12.1. The van der Waals surface area contributed by atoms with Gasteiger partial charge < -0.3 is 14.4 Å². The van der Waals surface area contributed by atoms with Crippen molar-refractivity contribution in [3.05, 3.63) is 94.1 Å². The van der Waals surface area contributed by atoms with Gasteiger partial charge in [0.15, 0.2) is 5.82 Å². The summed E-state index contributed by atoms with van der Waals surface area (Å²) in [4.78, 5) is 18.2. The van der Waals surface area contributed by atoms with E-state index < -0.39 is 5.41 Å². The average molecular weight is 534 g/mol. The minimum absolute atomic E-state index is 0.0443. The van der Waals surface area contributed by atoms with E-state index in [1.54, 1.807) is 18.2 Å². The summed E-state index contributed by atoms with van der Waals surface area (Å²) in [5.41, 5.74) is 3.27. The SMILES string of the molecule is Cc1ccccc1C1=CC=CC(COc2ccc(C=O)cc2Cl)(c2noc(CN3CCC(O)CC3)n2)C1C. The number of rotatable bonds is 8. The minimum atomic E-state index is -0.723. The standard InChI is InChI=1S/C30H32ClN3O4/c1-20-6-3-4-7-24(20)25-8-5-13-30(21(25)2,19-37-27-10-9-22(18-35)16-26(27)31)29-32-28(38-33-29)17-34-14-11-23(36)12-15-34/h3-10,13,16,18,21,23,36H,11-12,14-15,17,19H2,1-2H3. The molecule has 5 rings (SSSR count). The molecule has 0 amide bonds. The number of aliphatic hydroxyl groups is 1. The van der Waals surface area contributed by atoms with E-state index in [9.17, 15) is 9.90 Å². The second-order valence-electron chi connectivity index (χ2n) is 10.2. The zero-order valence-corrected chi connectivity index (χ0v) is 22.4. The molecule has 8 heteroatoms. The molecule has 0 radical (unpaired) electrons. The molecule has 1 aliphatic carbocycles. The Kier molecular flexibility index (Phi) is 7.79. The molecule has 0 spiro atoms. The Bertz CT molecular complexity index is 1360. The van der Waals surface area contributed by atoms with E-state index in [-0.39, 0.29) is 18.6 Å². The number of halogens is 1. The first kappa shape index (κ1) is 26.4. The summed E-state index contributed by atoms with van der Waals surface area (Å²) >= 11 is 6.44. The van der Waals surface area contributed by atoms with Gasteiger partial charge in [0.05, 0.1) is 23.1 Å². The van der Waals surface area contributed by atoms with Crippen LogP contribution in [0.25, 0.3) is 5.57 Å². The van der Waals surface area contributed by atoms with Crippen LogP contribution < -0.4 is 4.74 Å². The predicted molar refractivity (Wildman–Crippen MR) is 146 cm³/mol. The van der Waals surface area contributed by atoms with Crippen molar-refractivity contribution in [1.29, 1.82) is 0 Å². The van der Waals surface area contributed by atoms with Gasteiger partial charge in [-0.3, -0.25) is 9.69 Å². The van der Waals surface area contributed by atoms with Crippen molar-refractivity contribution in [2.24, 2.45) is 5.92 Å². The van der Waals surface area contributed by atoms with Gasteiger partial charge in [0.1, 0.15) is 18.6 Å². The van der Waals surface area contributed by atoms with Gasteiger partial charge in [-0.2, -0.15) is 4.98 Å². The maximum absolute atomic E-state index is 11.2. The summed E-state index contributed by atoms with van der Waals surface area (Å²) in [6.45, 7) is 6.61. The largest absolute Gasteiger partial charge is 0.491 e. The molecule has 1 saturated heterocycles. The molecule has 1 N–H and O–H groups in total. The second kappa shape index (κ2) is 11.2. The number of likely N-dealkylation sites (tertiary alicyclic amines) is 1. The number of aryl methyl sites for hydroxylation is 1. The highest BCUT2D eigenvalue weighted by Crippen LogP contribution is 2.44. The highest BCUT2D eigenvalue weighted by atomic mass is 35.5. The van der Waals surface area contributed by atoms with E-state index in [1.165, 1.54) is 5.56 Å². The van der Waals surface area contributed by atoms with Crippen LogP contribution in [-0.4, -0.2) is 52.2 Å². The lowest BCUT2D eigenvalue weighted by Gasteiger charge is -2.37. The Labute approximate surface area is 227 Å². The van der Waals surface area contributed by atoms with Crippen LogP contribution >= 0.6 is 11.6 Å². The van der Waals surface area contributed by atoms with E-state index in [1.807, 2.05) is 18.2 Å². The highest BCUT2D eigenvalue weighted by molar-refractivity contribution is 6.32. The van der Waals surface area contributed by atoms with Crippen molar-refractivity contribution >= 4 is 23.5 Å². The Morgan fingerprint density at radius 2 is 2.03 bits per heavy atom. The van der Waals surface area contributed by atoms with E-state index in [4.69, 9.17) is 25.8 Å². The molecule has 3 aromatic rings. The molecule has 2 aliphatic rings. The number of hydrogen-bond acceptors (Lipinski definition) is 7. The van der Waals surface area contributed by atoms with Crippen LogP contribution in [0.5, 0.6) is 5.75 Å². The Hall–Kier alpha value is -3.26. The number of nitrogens with zero attached hydrogens (tertiary/aromatic N) is 3. The van der Waals surface area contributed by atoms with Crippen LogP contribution in [0.3, 0.4) is 0 Å². The first-order valence-corrected chi connectivity index (χ1v) is 13.3. The lowest BCUT2D eigenvalue weighted by atomic mass is 9.68. The van der Waals surface area contributed by atoms with Crippen molar-refractivity contribution < 1.29 is 19.2 Å². The maximum atomic E-state index is 11.2. The Morgan fingerprint density at radius 3 is 2.76 bits per heavy atom. The fourth-order valence-corrected chi connectivity index (χ4v) is 5.54. The van der Waals surface area contributed by atoms with Crippen molar-refractivity contribution in [3.63, 3.8) is 0 Å². The number of carbonyl (C=O) groups excluding carboxylic acids is 1. The fourth-order valence-electron chi connectivity index (χ4n) is 5.30. The molecule has 2 heterocycles. The molecule has 0 saturated carbocycles. The molecule has 2 atom stereocenters. The van der Waals surface area contributed by atoms with E-state index in [0.717, 1.165) is 43.4 Å². The smallest absolute Gasteiger partial charge is 0.240 e. The minimum Gasteiger partial charge on any atom is -0.491 e. The summed E-state index contributed by atoms with van der Waals surface area (Å²) in [6, 6.07) is 13.3. The van der Waals surface area contributed by atoms with Crippen LogP contribution in [-0.2, 0) is 12.0 Å². The van der Waals surface area contributed by atoms with Crippen molar-refractivity contribution in [1.82, 2.24) is 15.0 Å². The van der Waals surface area contributed by atoms with Crippen LogP contribution in [0, 0.1) is 12.8 Å². The molecule has 7 nitrogen and oxygen atoms in total. The van der Waals surface area contributed by atoms with Crippen LogP contribution in [0.1, 0.15) is 53.0 Å². The maximum Gasteiger partial charge on any atom is 0.240 e. The quantitative estimate of drug-likeness (QED) is 0.387. The van der Waals surface area contributed by atoms with Crippen LogP contribution in [0.4, 0.5) is 0 Å². The summed E-state index contributed by atoms with van der Waals surface area (Å²) in [5, 5.41) is 14.7. The molecule has 0 bridgehead atoms. The molecule has 1 aliphatic heterocycles. The van der Waals surface area contributed by atoms with Crippen molar-refractivity contribution in [2.45, 2.75) is 44.8 Å². The number of carbonyl (C=O) groups is 1. The first-order chi connectivity index (χ1) is 18.4. The molecule has 198 valence electrons. The number of piperidine rings is 1. The molecule has 1 aromatic heterocycles. The van der Waals surface area contributed by atoms with Gasteiger partial charge in [0.25, 0.3) is 0 Å². The fraction of sp³-hybridized carbons (Fsp3) is 0.367. The van der Waals surface area contributed by atoms with E-state index >= 15 is 0 Å². The first-order valence-electron chi connectivity index (χ1n) is 13.0. The molecular weight excluding hydrogens is 502 g/mol. The average Bonchev–Trinajstić information content (AvgIpc) is 3.39. The topological polar surface area (TPSA) is 88.7 Å². The van der Waals surface area contributed by atoms with Gasteiger partial charge >= 0.3 is 0 Å². The van der Waals surface area contributed by atoms with Gasteiger partial charge in [0, 0.05) is 24.6 Å². The number of aliphatic hydroxyl groups excluding tert-OH is 1. The van der Waals surface area contributed by atoms with Crippen LogP contribution in [0.15, 0.2) is 65.2 Å². The summed E-state index contributed by atoms with van der Waals surface area (Å²) in [5.74, 6) is 1.53. The highest BCUT2D eigenvalue weighted by Gasteiger charge is 2.45. The van der Waals surface area contributed by atoms with Gasteiger partial charge in [0.2, 0.25) is 5.89 Å². The van der Waals surface area contributed by atoms with Crippen LogP contribution in [0.2, 0.25) is 5.02 Å². The predicted octanol–water partition coefficient (Wildman–Crippen LogP) is 5.41. The number of benzene rings is 2. The number of hydrogen-bond donors (Lipinski definition) is 1. The number of aldehydes is 1. The zero-order chi connectivity index (χ0) is 26.7. The van der Waals surface area contributed by atoms with Crippen molar-refractivity contribution in [2.75, 3.05) is 19.7 Å². The monoisotopic (exact) mass is 533 g/mol. The normalized spacial score (nSPS) is 22.3. The van der Waals surface area contributed by atoms with Gasteiger partial charge in [-0.05, 0) is 54.7 Å². The van der Waals surface area contributed by atoms with Gasteiger partial charge in [-0.15, -0.1) is 0 Å². The molecular formula is C30H32ClN3O4. The number of allylic oxidation sites excluding steroid dienone is 3. The molecule has 2 unspecified atom stereocenters. The molecule has 1 fully saturated rings. The van der Waals surface area contributed by atoms with Gasteiger partial charge in [-0.25, -0.2) is 0 Å². The lowest BCUT2D eigenvalue weighted by molar-refractivity contribution is 0.0740. The third-order valence-corrected chi connectivity index (χ3v) is 8.02. The van der Waals surface area contributed by atoms with E-state index in [0.29, 0.717) is 34.6 Å². The number of ether oxygens (including phenoxy) is 1. The molecule has 2 aromatic carbocycles. The molecule has 38 heavy (non-hydrogen) atoms. The summed E-state index contributed by atoms with van der Waals surface area (Å²) in [6.07, 6.45) is 8.25. The summed E-state index contributed by atoms with van der Waals surface area (Å²) in [7, 11) is 0. The van der Waals surface area contributed by atoms with Gasteiger partial charge in [-0.1, -0.05) is 66.2 Å². The second-order valence-corrected chi connectivity index (χ2v) is 10.6. The lowest BCUT2D eigenvalue weighted by Crippen LogP contribution is -2.41. The number of aromatic nitrogens is 2. The third kappa shape index (κ3) is 5.32. The Morgan fingerprint density at radius 1 is 1.24 bits per heavy atom. The zero-order valence-electron chi connectivity index (χ0n) is 21.6. The van der Waals surface area contributed by atoms with Crippen molar-refractivity contribution in [3.8, 4) is 5.75 Å². The Balaban J connectivity index is 1.47. The third-order valence-electron chi connectivity index (χ3n) is 7.72. The van der Waals surface area contributed by atoms with E-state index in [2.05, 4.69) is 48.2 Å².